The molecule has 1 aromatic heterocycles. The van der Waals surface area contributed by atoms with Gasteiger partial charge >= 0.3 is 6.09 Å². The summed E-state index contributed by atoms with van der Waals surface area (Å²) in [6, 6.07) is 18.6. The van der Waals surface area contributed by atoms with Crippen LogP contribution in [0.25, 0.3) is 16.3 Å². The van der Waals surface area contributed by atoms with Gasteiger partial charge in [0.15, 0.2) is 0 Å². The van der Waals surface area contributed by atoms with Crippen molar-refractivity contribution < 1.29 is 9.53 Å². The van der Waals surface area contributed by atoms with E-state index in [2.05, 4.69) is 35.3 Å². The normalized spacial score (nSPS) is 21.0. The molecule has 2 aliphatic heterocycles. The summed E-state index contributed by atoms with van der Waals surface area (Å²) in [6.45, 7) is 0.322. The molecule has 4 heteroatoms. The number of hydrogen-bond acceptors (Lipinski definition) is 3. The van der Waals surface area contributed by atoms with Gasteiger partial charge in [-0.15, -0.1) is 0 Å². The maximum atomic E-state index is 12.9. The van der Waals surface area contributed by atoms with E-state index in [0.717, 1.165) is 36.6 Å². The Morgan fingerprint density at radius 1 is 1.07 bits per heavy atom. The molecular weight excluding hydrogens is 360 g/mol. The van der Waals surface area contributed by atoms with Crippen LogP contribution in [-0.4, -0.2) is 28.1 Å². The van der Waals surface area contributed by atoms with E-state index >= 15 is 0 Å². The van der Waals surface area contributed by atoms with Crippen molar-refractivity contribution in [1.29, 1.82) is 0 Å². The van der Waals surface area contributed by atoms with Crippen LogP contribution in [0.3, 0.4) is 0 Å². The second-order valence-electron chi connectivity index (χ2n) is 7.90. The van der Waals surface area contributed by atoms with Gasteiger partial charge in [0, 0.05) is 23.8 Å². The molecule has 4 nitrogen and oxygen atoms in total. The topological polar surface area (TPSA) is 42.4 Å². The molecule has 3 heterocycles. The molecule has 0 saturated carbocycles. The predicted octanol–water partition coefficient (Wildman–Crippen LogP) is 5.58. The zero-order valence-electron chi connectivity index (χ0n) is 16.3. The van der Waals surface area contributed by atoms with Crippen LogP contribution in [0.15, 0.2) is 73.1 Å². The standard InChI is InChI=1S/C25H24N2O2/c28-25(29-17-18-6-2-1-3-7-18)27-21-9-5-10-22(27)15-20(14-21)23-11-4-8-19-16-26-13-12-24(19)23/h1-4,6-8,11-14,16,21-22H,5,9-10,15,17H2. The molecule has 2 aliphatic rings. The van der Waals surface area contributed by atoms with Crippen molar-refractivity contribution in [3.63, 3.8) is 0 Å². The van der Waals surface area contributed by atoms with Gasteiger partial charge in [-0.2, -0.15) is 0 Å². The summed E-state index contributed by atoms with van der Waals surface area (Å²) in [7, 11) is 0. The molecule has 3 aromatic rings. The summed E-state index contributed by atoms with van der Waals surface area (Å²) in [5.41, 5.74) is 3.62. The van der Waals surface area contributed by atoms with Gasteiger partial charge in [-0.1, -0.05) is 54.6 Å². The largest absolute Gasteiger partial charge is 0.445 e. The number of nitrogens with zero attached hydrogens (tertiary/aromatic N) is 2. The van der Waals surface area contributed by atoms with Crippen molar-refractivity contribution >= 4 is 22.4 Å². The summed E-state index contributed by atoms with van der Waals surface area (Å²) in [6.07, 6.45) is 9.90. The molecule has 2 unspecified atom stereocenters. The lowest BCUT2D eigenvalue weighted by molar-refractivity contribution is 0.0510. The average Bonchev–Trinajstić information content (AvgIpc) is 2.77. The van der Waals surface area contributed by atoms with Crippen LogP contribution in [0, 0.1) is 0 Å². The Morgan fingerprint density at radius 2 is 1.97 bits per heavy atom. The highest BCUT2D eigenvalue weighted by molar-refractivity contribution is 5.94. The fourth-order valence-corrected chi connectivity index (χ4v) is 4.71. The van der Waals surface area contributed by atoms with Crippen molar-refractivity contribution in [1.82, 2.24) is 9.88 Å². The Hall–Kier alpha value is -3.14. The minimum absolute atomic E-state index is 0.109. The predicted molar refractivity (Wildman–Crippen MR) is 114 cm³/mol. The van der Waals surface area contributed by atoms with E-state index in [-0.39, 0.29) is 18.2 Å². The lowest BCUT2D eigenvalue weighted by Gasteiger charge is -2.44. The van der Waals surface area contributed by atoms with Gasteiger partial charge in [-0.3, -0.25) is 9.88 Å². The molecule has 1 amide bonds. The maximum Gasteiger partial charge on any atom is 0.410 e. The van der Waals surface area contributed by atoms with Crippen molar-refractivity contribution in [2.24, 2.45) is 0 Å². The van der Waals surface area contributed by atoms with Gasteiger partial charge in [0.1, 0.15) is 6.61 Å². The van der Waals surface area contributed by atoms with Gasteiger partial charge in [-0.25, -0.2) is 4.79 Å². The molecule has 0 N–H and O–H groups in total. The highest BCUT2D eigenvalue weighted by Gasteiger charge is 2.38. The van der Waals surface area contributed by atoms with Crippen LogP contribution >= 0.6 is 0 Å². The Bertz CT molecular complexity index is 1060. The zero-order valence-corrected chi connectivity index (χ0v) is 16.3. The molecule has 0 radical (unpaired) electrons. The number of piperidine rings is 1. The number of fused-ring (bicyclic) bond motifs is 3. The summed E-state index contributed by atoms with van der Waals surface area (Å²) in [5.74, 6) is 0. The highest BCUT2D eigenvalue weighted by atomic mass is 16.6. The Labute approximate surface area is 170 Å². The molecule has 2 bridgehead atoms. The minimum atomic E-state index is -0.194. The molecule has 5 rings (SSSR count). The molecule has 1 saturated heterocycles. The third kappa shape index (κ3) is 3.51. The Kier molecular flexibility index (Phi) is 4.76. The van der Waals surface area contributed by atoms with Gasteiger partial charge < -0.3 is 4.74 Å². The molecule has 146 valence electrons. The number of pyridine rings is 1. The minimum Gasteiger partial charge on any atom is -0.445 e. The van der Waals surface area contributed by atoms with Crippen molar-refractivity contribution in [2.75, 3.05) is 0 Å². The smallest absolute Gasteiger partial charge is 0.410 e. The summed E-state index contributed by atoms with van der Waals surface area (Å²) in [4.78, 5) is 19.1. The molecule has 29 heavy (non-hydrogen) atoms. The number of aromatic nitrogens is 1. The van der Waals surface area contributed by atoms with Gasteiger partial charge in [0.25, 0.3) is 0 Å². The monoisotopic (exact) mass is 384 g/mol. The van der Waals surface area contributed by atoms with Gasteiger partial charge in [0.05, 0.1) is 6.04 Å². The Morgan fingerprint density at radius 3 is 2.83 bits per heavy atom. The second kappa shape index (κ2) is 7.70. The molecular formula is C25H24N2O2. The lowest BCUT2D eigenvalue weighted by Crippen LogP contribution is -2.51. The summed E-state index contributed by atoms with van der Waals surface area (Å²) >= 11 is 0. The van der Waals surface area contributed by atoms with E-state index in [1.807, 2.05) is 47.6 Å². The van der Waals surface area contributed by atoms with E-state index in [1.165, 1.54) is 16.5 Å². The van der Waals surface area contributed by atoms with E-state index in [9.17, 15) is 4.79 Å². The van der Waals surface area contributed by atoms with Crippen LogP contribution in [0.5, 0.6) is 0 Å². The Balaban J connectivity index is 1.40. The van der Waals surface area contributed by atoms with Crippen molar-refractivity contribution in [3.05, 3.63) is 84.2 Å². The number of hydrogen-bond donors (Lipinski definition) is 0. The van der Waals surface area contributed by atoms with Crippen molar-refractivity contribution in [2.45, 2.75) is 44.4 Å². The first-order chi connectivity index (χ1) is 14.3. The van der Waals surface area contributed by atoms with Crippen molar-refractivity contribution in [3.8, 4) is 0 Å². The first kappa shape index (κ1) is 17.9. The van der Waals surface area contributed by atoms with Crippen LogP contribution in [-0.2, 0) is 11.3 Å². The lowest BCUT2D eigenvalue weighted by atomic mass is 9.82. The number of carbonyl (C=O) groups excluding carboxylic acids is 1. The molecule has 2 aromatic carbocycles. The first-order valence-electron chi connectivity index (χ1n) is 10.3. The summed E-state index contributed by atoms with van der Waals surface area (Å²) in [5, 5.41) is 2.38. The number of ether oxygens (including phenoxy) is 1. The van der Waals surface area contributed by atoms with E-state index < -0.39 is 0 Å². The summed E-state index contributed by atoms with van der Waals surface area (Å²) < 4.78 is 5.66. The zero-order chi connectivity index (χ0) is 19.6. The van der Waals surface area contributed by atoms with E-state index in [0.29, 0.717) is 6.61 Å². The van der Waals surface area contributed by atoms with Crippen LogP contribution in [0.2, 0.25) is 0 Å². The van der Waals surface area contributed by atoms with E-state index in [1.54, 1.807) is 0 Å². The SMILES string of the molecule is O=C(OCc1ccccc1)N1C2C=C(c3cccc4cnccc34)CC1CCC2. The third-order valence-corrected chi connectivity index (χ3v) is 6.08. The van der Waals surface area contributed by atoms with Gasteiger partial charge in [0.2, 0.25) is 0 Å². The third-order valence-electron chi connectivity index (χ3n) is 6.08. The first-order valence-corrected chi connectivity index (χ1v) is 10.3. The van der Waals surface area contributed by atoms with E-state index in [4.69, 9.17) is 4.74 Å². The quantitative estimate of drug-likeness (QED) is 0.592. The van der Waals surface area contributed by atoms with Gasteiger partial charge in [-0.05, 0) is 53.8 Å². The van der Waals surface area contributed by atoms with Crippen LogP contribution in [0.1, 0.15) is 36.8 Å². The molecule has 0 spiro atoms. The number of rotatable bonds is 3. The fourth-order valence-electron chi connectivity index (χ4n) is 4.71. The van der Waals surface area contributed by atoms with Crippen LogP contribution < -0.4 is 0 Å². The number of benzene rings is 2. The fraction of sp³-hybridized carbons (Fsp3) is 0.280. The maximum absolute atomic E-state index is 12.9. The van der Waals surface area contributed by atoms with Crippen LogP contribution in [0.4, 0.5) is 4.79 Å². The highest BCUT2D eigenvalue weighted by Crippen LogP contribution is 2.39. The average molecular weight is 384 g/mol. The number of amides is 1. The number of carbonyl (C=O) groups is 1. The molecule has 0 aliphatic carbocycles. The molecule has 1 fully saturated rings. The molecule has 2 atom stereocenters. The second-order valence-corrected chi connectivity index (χ2v) is 7.90.